The van der Waals surface area contributed by atoms with Crippen molar-refractivity contribution in [3.63, 3.8) is 0 Å². The van der Waals surface area contributed by atoms with Gasteiger partial charge in [0.25, 0.3) is 0 Å². The zero-order valence-electron chi connectivity index (χ0n) is 2.01. The van der Waals surface area contributed by atoms with Gasteiger partial charge < -0.3 is 4.89 Å². The summed E-state index contributed by atoms with van der Waals surface area (Å²) in [6.45, 7) is 0. The van der Waals surface area contributed by atoms with Crippen LogP contribution < -0.4 is 0 Å². The van der Waals surface area contributed by atoms with Crippen molar-refractivity contribution in [2.24, 2.45) is 0 Å². The van der Waals surface area contributed by atoms with Crippen LogP contribution in [0.4, 0.5) is 0 Å². The summed E-state index contributed by atoms with van der Waals surface area (Å²) in [6.07, 6.45) is 0. The van der Waals surface area contributed by atoms with Crippen molar-refractivity contribution in [1.29, 1.82) is 0 Å². The zero-order chi connectivity index (χ0) is 2.71. The monoisotopic (exact) mass is 79.0 g/mol. The Morgan fingerprint density at radius 2 is 1.75 bits per heavy atom. The van der Waals surface area contributed by atoms with Crippen LogP contribution in [0.25, 0.3) is 0 Å². The molecule has 25 valence electrons. The molecule has 0 aromatic rings. The third-order valence-electron chi connectivity index (χ3n) is 0. The van der Waals surface area contributed by atoms with Crippen LogP contribution in [0, 0.1) is 7.43 Å². The summed E-state index contributed by atoms with van der Waals surface area (Å²) in [5, 5.41) is 0. The van der Waals surface area contributed by atoms with Gasteiger partial charge in [-0.05, 0) is 7.43 Å². The summed E-state index contributed by atoms with van der Waals surface area (Å²) in [4.78, 5) is 7.10. The summed E-state index contributed by atoms with van der Waals surface area (Å²) < 4.78 is 8.57. The summed E-state index contributed by atoms with van der Waals surface area (Å²) in [7, 11) is -1.50. The van der Waals surface area contributed by atoms with Crippen LogP contribution in [0.1, 0.15) is 0 Å². The van der Waals surface area contributed by atoms with E-state index in [4.69, 9.17) is 9.46 Å². The fourth-order valence-electron chi connectivity index (χ4n) is 0. The highest BCUT2D eigenvalue weighted by molar-refractivity contribution is 7.16. The molecule has 1 atom stereocenters. The van der Waals surface area contributed by atoms with Crippen molar-refractivity contribution in [3.05, 3.63) is 7.43 Å². The molecule has 0 aromatic carbocycles. The second kappa shape index (κ2) is 10.8. The first-order valence-corrected chi connectivity index (χ1v) is 1.48. The first-order chi connectivity index (χ1) is 1.41. The van der Waals surface area contributed by atoms with Crippen LogP contribution in [0.5, 0.6) is 0 Å². The van der Waals surface area contributed by atoms with Gasteiger partial charge in [0, 0.05) is 0 Å². The predicted octanol–water partition coefficient (Wildman–Crippen LogP) is -0.146. The summed E-state index contributed by atoms with van der Waals surface area (Å²) in [5.41, 5.74) is 0. The van der Waals surface area contributed by atoms with Gasteiger partial charge in [-0.25, -0.2) is 0 Å². The number of rotatable bonds is 0. The second-order valence-corrected chi connectivity index (χ2v) is 0.316. The molecule has 0 bridgehead atoms. The zero-order valence-corrected chi connectivity index (χ0v) is 3.16. The molecule has 0 aromatic heterocycles. The van der Waals surface area contributed by atoms with Crippen LogP contribution in [0.2, 0.25) is 0 Å². The van der Waals surface area contributed by atoms with Crippen molar-refractivity contribution in [1.82, 2.24) is 0 Å². The van der Waals surface area contributed by atoms with Crippen molar-refractivity contribution in [2.45, 2.75) is 0 Å². The van der Waals surface area contributed by atoms with Crippen molar-refractivity contribution >= 4 is 8.69 Å². The average Bonchev–Trinajstić information content (AvgIpc) is 0.918. The van der Waals surface area contributed by atoms with Crippen molar-refractivity contribution in [2.75, 3.05) is 0 Å². The Labute approximate surface area is 26.7 Å². The standard InChI is InChI=1S/CH.H3O2P/c;1-3-2/h1H;3H2,(H,1,2). The molecule has 0 rings (SSSR count). The van der Waals surface area contributed by atoms with Gasteiger partial charge in [0.2, 0.25) is 0 Å². The fraction of sp³-hybridized carbons (Fsp3) is 0. The molecule has 2 nitrogen and oxygen atoms in total. The Morgan fingerprint density at radius 3 is 1.75 bits per heavy atom. The minimum absolute atomic E-state index is 0. The molecule has 3 radical (unpaired) electrons. The topological polar surface area (TPSA) is 37.3 Å². The maximum Gasteiger partial charge on any atom is 0.177 e. The van der Waals surface area contributed by atoms with E-state index in [0.29, 0.717) is 0 Å². The Hall–Kier alpha value is 0.190. The maximum absolute atomic E-state index is 8.57. The van der Waals surface area contributed by atoms with Crippen LogP contribution in [0.15, 0.2) is 0 Å². The first kappa shape index (κ1) is 8.89. The minimum Gasteiger partial charge on any atom is -0.348 e. The molecule has 0 heterocycles. The van der Waals surface area contributed by atoms with E-state index >= 15 is 0 Å². The molecule has 0 saturated carbocycles. The summed E-state index contributed by atoms with van der Waals surface area (Å²) in [5.74, 6) is 0. The number of hydrogen-bond acceptors (Lipinski definition) is 1. The highest BCUT2D eigenvalue weighted by Gasteiger charge is 1.17. The predicted molar refractivity (Wildman–Crippen MR) is 16.9 cm³/mol. The van der Waals surface area contributed by atoms with Crippen LogP contribution in [-0.2, 0) is 4.57 Å². The van der Waals surface area contributed by atoms with Gasteiger partial charge >= 0.3 is 0 Å². The molecular formula is CH4O2P. The van der Waals surface area contributed by atoms with E-state index < -0.39 is 8.69 Å². The molecule has 0 aliphatic heterocycles. The Morgan fingerprint density at radius 1 is 1.75 bits per heavy atom. The smallest absolute Gasteiger partial charge is 0.177 e. The second-order valence-electron chi connectivity index (χ2n) is 0.105. The molecular weight excluding hydrogens is 75.0 g/mol. The quantitative estimate of drug-likeness (QED) is 0.410. The van der Waals surface area contributed by atoms with E-state index in [1.54, 1.807) is 0 Å². The lowest BCUT2D eigenvalue weighted by atomic mass is 12.0. The maximum atomic E-state index is 8.57. The summed E-state index contributed by atoms with van der Waals surface area (Å²) in [6, 6.07) is 0. The lowest BCUT2D eigenvalue weighted by Crippen LogP contribution is -1.03. The molecule has 0 spiro atoms. The van der Waals surface area contributed by atoms with Gasteiger partial charge in [0.15, 0.2) is 8.69 Å². The largest absolute Gasteiger partial charge is 0.348 e. The molecule has 1 N–H and O–H groups in total. The molecule has 0 aliphatic rings. The Bertz CT molecular complexity index is 13.5. The Kier molecular flexibility index (Phi) is 24.0. The third-order valence-corrected chi connectivity index (χ3v) is 0. The van der Waals surface area contributed by atoms with Gasteiger partial charge in [0.05, 0.1) is 0 Å². The number of hydrogen-bond donors (Lipinski definition) is 1. The minimum atomic E-state index is -1.50. The van der Waals surface area contributed by atoms with E-state index in [9.17, 15) is 0 Å². The van der Waals surface area contributed by atoms with Crippen LogP contribution >= 0.6 is 8.69 Å². The molecule has 0 fully saturated rings. The van der Waals surface area contributed by atoms with Crippen molar-refractivity contribution in [3.8, 4) is 0 Å². The summed E-state index contributed by atoms with van der Waals surface area (Å²) >= 11 is 0. The Balaban J connectivity index is 0. The van der Waals surface area contributed by atoms with Gasteiger partial charge in [-0.1, -0.05) is 0 Å². The lowest BCUT2D eigenvalue weighted by Gasteiger charge is -1.33. The van der Waals surface area contributed by atoms with E-state index in [1.165, 1.54) is 0 Å². The first-order valence-electron chi connectivity index (χ1n) is 0.494. The third kappa shape index (κ3) is 85.9. The van der Waals surface area contributed by atoms with E-state index in [1.807, 2.05) is 0 Å². The highest BCUT2D eigenvalue weighted by atomic mass is 31.1. The SMILES string of the molecule is O=[PH2]O.[CH]. The van der Waals surface area contributed by atoms with Gasteiger partial charge in [-0.15, -0.1) is 0 Å². The van der Waals surface area contributed by atoms with E-state index in [-0.39, 0.29) is 7.43 Å². The van der Waals surface area contributed by atoms with Gasteiger partial charge in [-0.2, -0.15) is 0 Å². The van der Waals surface area contributed by atoms with E-state index in [0.717, 1.165) is 0 Å². The lowest BCUT2D eigenvalue weighted by molar-refractivity contribution is 0.524. The van der Waals surface area contributed by atoms with Crippen LogP contribution in [0.3, 0.4) is 0 Å². The van der Waals surface area contributed by atoms with Crippen LogP contribution in [-0.4, -0.2) is 4.89 Å². The normalized spacial score (nSPS) is 7.25. The highest BCUT2D eigenvalue weighted by Crippen LogP contribution is 1.66. The fourth-order valence-corrected chi connectivity index (χ4v) is 0. The van der Waals surface area contributed by atoms with Gasteiger partial charge in [0.1, 0.15) is 0 Å². The molecule has 3 heteroatoms. The molecule has 0 saturated heterocycles. The van der Waals surface area contributed by atoms with Gasteiger partial charge in [-0.3, -0.25) is 4.57 Å². The molecule has 0 amide bonds. The molecule has 0 aliphatic carbocycles. The van der Waals surface area contributed by atoms with Crippen molar-refractivity contribution < 1.29 is 9.46 Å². The van der Waals surface area contributed by atoms with E-state index in [2.05, 4.69) is 0 Å². The average molecular weight is 79.0 g/mol. The molecule has 4 heavy (non-hydrogen) atoms. The molecule has 1 unspecified atom stereocenters.